The van der Waals surface area contributed by atoms with Gasteiger partial charge >= 0.3 is 0 Å². The summed E-state index contributed by atoms with van der Waals surface area (Å²) in [6, 6.07) is 31.0. The Balaban J connectivity index is 2.09. The van der Waals surface area contributed by atoms with Gasteiger partial charge in [-0.3, -0.25) is 4.80 Å². The molecule has 1 nitrogen and oxygen atoms in total. The molecule has 3 aromatic carbocycles. The first-order chi connectivity index (χ1) is 12.5. The van der Waals surface area contributed by atoms with Gasteiger partial charge in [0.05, 0.1) is 0 Å². The topological polar surface area (TPSA) is 19.9 Å². The van der Waals surface area contributed by atoms with Crippen molar-refractivity contribution in [1.82, 2.24) is 0 Å². The number of benzene rings is 3. The van der Waals surface area contributed by atoms with Gasteiger partial charge in [0.25, 0.3) is 8.32 Å². The van der Waals surface area contributed by atoms with Crippen molar-refractivity contribution >= 4 is 8.32 Å². The maximum atomic E-state index is 14.7. The van der Waals surface area contributed by atoms with Crippen LogP contribution in [-0.4, -0.2) is 8.32 Å². The molecule has 0 aromatic heterocycles. The van der Waals surface area contributed by atoms with Crippen LogP contribution in [-0.2, 0) is 4.80 Å². The zero-order chi connectivity index (χ0) is 18.6. The Morgan fingerprint density at radius 2 is 0.731 bits per heavy atom. The normalized spacial score (nSPS) is 17.1. The monoisotopic (exact) mass is 359 g/mol. The van der Waals surface area contributed by atoms with Gasteiger partial charge in [0.1, 0.15) is 0 Å². The molecule has 3 unspecified atom stereocenters. The molecule has 0 N–H and O–H groups in total. The summed E-state index contributed by atoms with van der Waals surface area (Å²) in [6.07, 6.45) is 0. The van der Waals surface area contributed by atoms with E-state index in [4.69, 9.17) is 0 Å². The molecule has 0 aliphatic carbocycles. The summed E-state index contributed by atoms with van der Waals surface area (Å²) in [4.78, 5) is 14.7. The Hall–Kier alpha value is -2.16. The van der Waals surface area contributed by atoms with Gasteiger partial charge in [-0.2, -0.15) is 0 Å². The van der Waals surface area contributed by atoms with Gasteiger partial charge in [-0.05, 0) is 16.7 Å². The summed E-state index contributed by atoms with van der Waals surface area (Å²) in [5.74, 6) is 0. The average molecular weight is 360 g/mol. The van der Waals surface area contributed by atoms with Gasteiger partial charge in [-0.1, -0.05) is 112 Å². The summed E-state index contributed by atoms with van der Waals surface area (Å²) in [5, 5.41) is 0. The quantitative estimate of drug-likeness (QED) is 0.454. The smallest absolute Gasteiger partial charge is 0.258 e. The first kappa shape index (κ1) is 18.6. The van der Waals surface area contributed by atoms with Crippen LogP contribution >= 0.6 is 0 Å². The van der Waals surface area contributed by atoms with Crippen molar-refractivity contribution in [2.24, 2.45) is 0 Å². The molecule has 133 valence electrons. The zero-order valence-corrected chi connectivity index (χ0v) is 16.8. The van der Waals surface area contributed by atoms with Crippen molar-refractivity contribution in [3.8, 4) is 0 Å². The van der Waals surface area contributed by atoms with Crippen LogP contribution in [0.1, 0.15) is 54.1 Å². The van der Waals surface area contributed by atoms with E-state index in [2.05, 4.69) is 57.2 Å². The molecular weight excluding hydrogens is 332 g/mol. The first-order valence-electron chi connectivity index (χ1n) is 9.40. The summed E-state index contributed by atoms with van der Waals surface area (Å²) in [6.45, 7) is 6.44. The highest BCUT2D eigenvalue weighted by Crippen LogP contribution is 2.44. The van der Waals surface area contributed by atoms with Crippen molar-refractivity contribution in [3.05, 3.63) is 108 Å². The molecule has 3 atom stereocenters. The van der Waals surface area contributed by atoms with E-state index in [0.29, 0.717) is 0 Å². The van der Waals surface area contributed by atoms with Crippen LogP contribution in [0.15, 0.2) is 91.0 Å². The average Bonchev–Trinajstić information content (AvgIpc) is 2.73. The summed E-state index contributed by atoms with van der Waals surface area (Å²) in [5.41, 5.74) is 3.57. The SMILES string of the molecule is CC(c1ccccc1)[Si]([O])(C(C)c1ccccc1)C(C)c1ccccc1. The maximum absolute atomic E-state index is 14.7. The van der Waals surface area contributed by atoms with E-state index in [9.17, 15) is 4.80 Å². The lowest BCUT2D eigenvalue weighted by Gasteiger charge is -2.40. The molecule has 0 fully saturated rings. The zero-order valence-electron chi connectivity index (χ0n) is 15.8. The van der Waals surface area contributed by atoms with E-state index in [1.54, 1.807) is 0 Å². The molecule has 3 rings (SSSR count). The Morgan fingerprint density at radius 1 is 0.500 bits per heavy atom. The molecule has 0 saturated heterocycles. The molecule has 0 spiro atoms. The Kier molecular flexibility index (Phi) is 5.75. The van der Waals surface area contributed by atoms with E-state index in [1.165, 1.54) is 16.7 Å². The van der Waals surface area contributed by atoms with Gasteiger partial charge in [0, 0.05) is 16.6 Å². The Morgan fingerprint density at radius 3 is 0.962 bits per heavy atom. The van der Waals surface area contributed by atoms with Gasteiger partial charge in [-0.25, -0.2) is 0 Å². The fraction of sp³-hybridized carbons (Fsp3) is 0.250. The second-order valence-electron chi connectivity index (χ2n) is 7.25. The lowest BCUT2D eigenvalue weighted by molar-refractivity contribution is 0.373. The third kappa shape index (κ3) is 3.53. The summed E-state index contributed by atoms with van der Waals surface area (Å²) < 4.78 is 0. The molecule has 0 aliphatic rings. The van der Waals surface area contributed by atoms with Crippen molar-refractivity contribution < 1.29 is 4.80 Å². The highest BCUT2D eigenvalue weighted by Gasteiger charge is 2.51. The number of hydrogen-bond acceptors (Lipinski definition) is 0. The van der Waals surface area contributed by atoms with Gasteiger partial charge in [0.15, 0.2) is 0 Å². The van der Waals surface area contributed by atoms with Crippen LogP contribution in [0.25, 0.3) is 0 Å². The molecule has 0 aliphatic heterocycles. The van der Waals surface area contributed by atoms with Crippen LogP contribution in [0.4, 0.5) is 0 Å². The molecule has 1 radical (unpaired) electrons. The van der Waals surface area contributed by atoms with Crippen molar-refractivity contribution in [3.63, 3.8) is 0 Å². The summed E-state index contributed by atoms with van der Waals surface area (Å²) >= 11 is 0. The minimum Gasteiger partial charge on any atom is -0.295 e. The summed E-state index contributed by atoms with van der Waals surface area (Å²) in [7, 11) is -3.03. The first-order valence-corrected chi connectivity index (χ1v) is 11.5. The van der Waals surface area contributed by atoms with Gasteiger partial charge in [0.2, 0.25) is 0 Å². The fourth-order valence-corrected chi connectivity index (χ4v) is 8.52. The second kappa shape index (κ2) is 8.03. The lowest BCUT2D eigenvalue weighted by Crippen LogP contribution is -2.50. The second-order valence-corrected chi connectivity index (χ2v) is 11.6. The molecule has 0 amide bonds. The van der Waals surface area contributed by atoms with Gasteiger partial charge < -0.3 is 0 Å². The van der Waals surface area contributed by atoms with E-state index >= 15 is 0 Å². The molecule has 3 aromatic rings. The molecule has 26 heavy (non-hydrogen) atoms. The molecule has 0 bridgehead atoms. The lowest BCUT2D eigenvalue weighted by atomic mass is 10.1. The highest BCUT2D eigenvalue weighted by atomic mass is 28.4. The van der Waals surface area contributed by atoms with E-state index in [1.807, 2.05) is 54.6 Å². The van der Waals surface area contributed by atoms with Crippen molar-refractivity contribution in [1.29, 1.82) is 0 Å². The molecule has 2 heteroatoms. The van der Waals surface area contributed by atoms with Crippen molar-refractivity contribution in [2.75, 3.05) is 0 Å². The Bertz CT molecular complexity index is 690. The minimum atomic E-state index is -3.03. The fourth-order valence-electron chi connectivity index (χ4n) is 4.13. The van der Waals surface area contributed by atoms with Crippen LogP contribution in [0.2, 0.25) is 0 Å². The number of hydrogen-bond donors (Lipinski definition) is 0. The van der Waals surface area contributed by atoms with E-state index < -0.39 is 8.32 Å². The van der Waals surface area contributed by atoms with E-state index in [-0.39, 0.29) is 16.6 Å². The number of rotatable bonds is 6. The third-order valence-electron chi connectivity index (χ3n) is 5.93. The predicted molar refractivity (Wildman–Crippen MR) is 111 cm³/mol. The van der Waals surface area contributed by atoms with Crippen LogP contribution in [0.5, 0.6) is 0 Å². The maximum Gasteiger partial charge on any atom is 0.258 e. The van der Waals surface area contributed by atoms with Crippen molar-refractivity contribution in [2.45, 2.75) is 37.4 Å². The predicted octanol–water partition coefficient (Wildman–Crippen LogP) is 6.39. The van der Waals surface area contributed by atoms with Crippen LogP contribution in [0.3, 0.4) is 0 Å². The standard InChI is InChI=1S/C24H27OSi/c1-19(22-13-7-4-8-14-22)26(25,20(2)23-15-9-5-10-16-23)21(3)24-17-11-6-12-18-24/h4-21H,1-3H3. The van der Waals surface area contributed by atoms with Crippen LogP contribution < -0.4 is 0 Å². The molecule has 0 heterocycles. The highest BCUT2D eigenvalue weighted by molar-refractivity contribution is 6.76. The van der Waals surface area contributed by atoms with E-state index in [0.717, 1.165) is 0 Å². The minimum absolute atomic E-state index is 0.0223. The Labute approximate surface area is 158 Å². The molecular formula is C24H27OSi. The molecule has 0 saturated carbocycles. The van der Waals surface area contributed by atoms with Crippen LogP contribution in [0, 0.1) is 0 Å². The van der Waals surface area contributed by atoms with Gasteiger partial charge in [-0.15, -0.1) is 0 Å². The largest absolute Gasteiger partial charge is 0.295 e. The third-order valence-corrected chi connectivity index (χ3v) is 11.0.